The zero-order valence-electron chi connectivity index (χ0n) is 10.9. The van der Waals surface area contributed by atoms with Crippen molar-refractivity contribution in [2.24, 2.45) is 5.92 Å². The number of carbonyl (C=O) groups excluding carboxylic acids is 1. The van der Waals surface area contributed by atoms with Gasteiger partial charge in [-0.2, -0.15) is 0 Å². The molecule has 0 unspecified atom stereocenters. The van der Waals surface area contributed by atoms with Gasteiger partial charge in [0.15, 0.2) is 0 Å². The number of hydrogen-bond donors (Lipinski definition) is 2. The van der Waals surface area contributed by atoms with Crippen LogP contribution < -0.4 is 15.8 Å². The van der Waals surface area contributed by atoms with Crippen molar-refractivity contribution in [3.05, 3.63) is 23.8 Å². The molecule has 1 fully saturated rings. The van der Waals surface area contributed by atoms with Gasteiger partial charge in [-0.3, -0.25) is 4.79 Å². The van der Waals surface area contributed by atoms with Crippen molar-refractivity contribution in [3.8, 4) is 5.75 Å². The second-order valence-electron chi connectivity index (χ2n) is 4.90. The summed E-state index contributed by atoms with van der Waals surface area (Å²) in [5.41, 5.74) is 6.80. The Morgan fingerprint density at radius 2 is 2.22 bits per heavy atom. The Balaban J connectivity index is 2.13. The third-order valence-corrected chi connectivity index (χ3v) is 3.29. The second-order valence-corrected chi connectivity index (χ2v) is 4.90. The van der Waals surface area contributed by atoms with E-state index in [1.807, 2.05) is 6.92 Å². The van der Waals surface area contributed by atoms with E-state index in [9.17, 15) is 4.79 Å². The van der Waals surface area contributed by atoms with Crippen LogP contribution in [0.2, 0.25) is 0 Å². The lowest BCUT2D eigenvalue weighted by Gasteiger charge is -2.33. The minimum absolute atomic E-state index is 0.131. The summed E-state index contributed by atoms with van der Waals surface area (Å²) in [6.45, 7) is 4.59. The highest BCUT2D eigenvalue weighted by Gasteiger charge is 2.28. The molecule has 0 aromatic heterocycles. The number of nitrogen functional groups attached to an aromatic ring is 1. The standard InChI is InChI=1S/C14H20N2O2/c1-3-18-12-6-4-5-11(15)13(12)14(17)16-10-7-9(2)8-10/h4-6,9-10H,3,7-8,15H2,1-2H3,(H,16,17). The fraction of sp³-hybridized carbons (Fsp3) is 0.500. The van der Waals surface area contributed by atoms with E-state index in [0.29, 0.717) is 29.5 Å². The van der Waals surface area contributed by atoms with Crippen molar-refractivity contribution >= 4 is 11.6 Å². The van der Waals surface area contributed by atoms with E-state index in [0.717, 1.165) is 12.8 Å². The Bertz CT molecular complexity index is 439. The number of rotatable bonds is 4. The summed E-state index contributed by atoms with van der Waals surface area (Å²) in [5, 5.41) is 3.00. The summed E-state index contributed by atoms with van der Waals surface area (Å²) in [6, 6.07) is 5.57. The smallest absolute Gasteiger partial charge is 0.257 e. The topological polar surface area (TPSA) is 64.3 Å². The van der Waals surface area contributed by atoms with Crippen LogP contribution in [0, 0.1) is 5.92 Å². The first kappa shape index (κ1) is 12.7. The first-order valence-electron chi connectivity index (χ1n) is 6.44. The van der Waals surface area contributed by atoms with Crippen LogP contribution in [0.1, 0.15) is 37.0 Å². The molecule has 18 heavy (non-hydrogen) atoms. The molecule has 0 saturated heterocycles. The summed E-state index contributed by atoms with van der Waals surface area (Å²) in [4.78, 5) is 12.2. The van der Waals surface area contributed by atoms with Gasteiger partial charge in [0.25, 0.3) is 5.91 Å². The number of nitrogens with two attached hydrogens (primary N) is 1. The maximum Gasteiger partial charge on any atom is 0.257 e. The van der Waals surface area contributed by atoms with E-state index >= 15 is 0 Å². The van der Waals surface area contributed by atoms with Gasteiger partial charge in [-0.25, -0.2) is 0 Å². The van der Waals surface area contributed by atoms with E-state index < -0.39 is 0 Å². The molecule has 0 heterocycles. The molecule has 0 bridgehead atoms. The fourth-order valence-electron chi connectivity index (χ4n) is 2.34. The van der Waals surface area contributed by atoms with E-state index in [2.05, 4.69) is 12.2 Å². The van der Waals surface area contributed by atoms with Gasteiger partial charge in [-0.05, 0) is 37.8 Å². The Kier molecular flexibility index (Phi) is 3.75. The molecule has 1 aliphatic rings. The molecule has 2 rings (SSSR count). The van der Waals surface area contributed by atoms with Gasteiger partial charge in [-0.15, -0.1) is 0 Å². The van der Waals surface area contributed by atoms with Crippen LogP contribution in [0.5, 0.6) is 5.75 Å². The molecule has 3 N–H and O–H groups in total. The van der Waals surface area contributed by atoms with Crippen molar-refractivity contribution in [1.82, 2.24) is 5.32 Å². The quantitative estimate of drug-likeness (QED) is 0.803. The molecular weight excluding hydrogens is 228 g/mol. The lowest BCUT2D eigenvalue weighted by atomic mass is 9.82. The molecule has 0 radical (unpaired) electrons. The molecule has 0 atom stereocenters. The van der Waals surface area contributed by atoms with Crippen molar-refractivity contribution in [2.75, 3.05) is 12.3 Å². The number of ether oxygens (including phenoxy) is 1. The van der Waals surface area contributed by atoms with Crippen LogP contribution in [0.3, 0.4) is 0 Å². The SMILES string of the molecule is CCOc1cccc(N)c1C(=O)NC1CC(C)C1. The summed E-state index contributed by atoms with van der Waals surface area (Å²) >= 11 is 0. The number of nitrogens with one attached hydrogen (secondary N) is 1. The number of carbonyl (C=O) groups is 1. The summed E-state index contributed by atoms with van der Waals surface area (Å²) in [5.74, 6) is 1.13. The maximum atomic E-state index is 12.2. The molecular formula is C14H20N2O2. The summed E-state index contributed by atoms with van der Waals surface area (Å²) in [6.07, 6.45) is 2.09. The first-order chi connectivity index (χ1) is 8.61. The zero-order chi connectivity index (χ0) is 13.1. The highest BCUT2D eigenvalue weighted by Crippen LogP contribution is 2.29. The Morgan fingerprint density at radius 1 is 1.50 bits per heavy atom. The molecule has 4 nitrogen and oxygen atoms in total. The van der Waals surface area contributed by atoms with Gasteiger partial charge in [0, 0.05) is 11.7 Å². The lowest BCUT2D eigenvalue weighted by Crippen LogP contribution is -2.43. The molecule has 1 aliphatic carbocycles. The van der Waals surface area contributed by atoms with Gasteiger partial charge in [0.1, 0.15) is 11.3 Å². The number of hydrogen-bond acceptors (Lipinski definition) is 3. The number of benzene rings is 1. The normalized spacial score (nSPS) is 22.1. The molecule has 1 saturated carbocycles. The Hall–Kier alpha value is -1.71. The van der Waals surface area contributed by atoms with E-state index in [1.165, 1.54) is 0 Å². The largest absolute Gasteiger partial charge is 0.493 e. The van der Waals surface area contributed by atoms with Crippen LogP contribution in [0.4, 0.5) is 5.69 Å². The molecule has 0 aliphatic heterocycles. The lowest BCUT2D eigenvalue weighted by molar-refractivity contribution is 0.0893. The van der Waals surface area contributed by atoms with Crippen LogP contribution in [0.25, 0.3) is 0 Å². The van der Waals surface area contributed by atoms with Gasteiger partial charge >= 0.3 is 0 Å². The van der Waals surface area contributed by atoms with E-state index in [4.69, 9.17) is 10.5 Å². The zero-order valence-corrected chi connectivity index (χ0v) is 10.9. The third-order valence-electron chi connectivity index (χ3n) is 3.29. The molecule has 0 spiro atoms. The highest BCUT2D eigenvalue weighted by molar-refractivity contribution is 6.02. The number of anilines is 1. The first-order valence-corrected chi connectivity index (χ1v) is 6.44. The minimum Gasteiger partial charge on any atom is -0.493 e. The van der Waals surface area contributed by atoms with Crippen LogP contribution in [-0.4, -0.2) is 18.6 Å². The molecule has 98 valence electrons. The number of amides is 1. The monoisotopic (exact) mass is 248 g/mol. The van der Waals surface area contributed by atoms with Gasteiger partial charge in [0.2, 0.25) is 0 Å². The van der Waals surface area contributed by atoms with Gasteiger partial charge in [0.05, 0.1) is 6.61 Å². The Labute approximate surface area is 108 Å². The van der Waals surface area contributed by atoms with E-state index in [1.54, 1.807) is 18.2 Å². The van der Waals surface area contributed by atoms with Gasteiger partial charge < -0.3 is 15.8 Å². The predicted octanol–water partition coefficient (Wildman–Crippen LogP) is 2.20. The van der Waals surface area contributed by atoms with Crippen LogP contribution in [-0.2, 0) is 0 Å². The molecule has 1 aromatic carbocycles. The summed E-state index contributed by atoms with van der Waals surface area (Å²) in [7, 11) is 0. The highest BCUT2D eigenvalue weighted by atomic mass is 16.5. The maximum absolute atomic E-state index is 12.2. The second kappa shape index (κ2) is 5.29. The molecule has 1 amide bonds. The molecule has 1 aromatic rings. The van der Waals surface area contributed by atoms with Crippen LogP contribution in [0.15, 0.2) is 18.2 Å². The average molecular weight is 248 g/mol. The average Bonchev–Trinajstić information content (AvgIpc) is 2.27. The third kappa shape index (κ3) is 2.58. The van der Waals surface area contributed by atoms with Crippen molar-refractivity contribution in [1.29, 1.82) is 0 Å². The minimum atomic E-state index is -0.131. The van der Waals surface area contributed by atoms with Crippen LogP contribution >= 0.6 is 0 Å². The van der Waals surface area contributed by atoms with E-state index in [-0.39, 0.29) is 11.9 Å². The Morgan fingerprint density at radius 3 is 2.83 bits per heavy atom. The predicted molar refractivity (Wildman–Crippen MR) is 71.7 cm³/mol. The fourth-order valence-corrected chi connectivity index (χ4v) is 2.34. The molecule has 4 heteroatoms. The van der Waals surface area contributed by atoms with Crippen molar-refractivity contribution < 1.29 is 9.53 Å². The van der Waals surface area contributed by atoms with Crippen molar-refractivity contribution in [3.63, 3.8) is 0 Å². The van der Waals surface area contributed by atoms with Crippen molar-refractivity contribution in [2.45, 2.75) is 32.7 Å². The van der Waals surface area contributed by atoms with Gasteiger partial charge in [-0.1, -0.05) is 13.0 Å². The summed E-state index contributed by atoms with van der Waals surface area (Å²) < 4.78 is 5.45.